The summed E-state index contributed by atoms with van der Waals surface area (Å²) in [5.41, 5.74) is 0.957. The predicted molar refractivity (Wildman–Crippen MR) is 86.3 cm³/mol. The second kappa shape index (κ2) is 6.83. The van der Waals surface area contributed by atoms with Gasteiger partial charge in [0.25, 0.3) is 0 Å². The fourth-order valence-electron chi connectivity index (χ4n) is 2.68. The molecule has 1 atom stereocenters. The van der Waals surface area contributed by atoms with Crippen molar-refractivity contribution in [3.05, 3.63) is 29.7 Å². The van der Waals surface area contributed by atoms with Gasteiger partial charge in [0.05, 0.1) is 18.1 Å². The third-order valence-electron chi connectivity index (χ3n) is 3.83. The van der Waals surface area contributed by atoms with Crippen molar-refractivity contribution in [1.82, 2.24) is 19.9 Å². The second-order valence-electron chi connectivity index (χ2n) is 5.32. The largest absolute Gasteiger partial charge is 0.342 e. The summed E-state index contributed by atoms with van der Waals surface area (Å²) in [6.07, 6.45) is 7.93. The van der Waals surface area contributed by atoms with Gasteiger partial charge in [-0.15, -0.1) is 11.3 Å². The Bertz CT molecular complexity index is 613. The first kappa shape index (κ1) is 14.9. The van der Waals surface area contributed by atoms with Gasteiger partial charge in [-0.3, -0.25) is 9.78 Å². The summed E-state index contributed by atoms with van der Waals surface area (Å²) >= 11 is 1.52. The minimum Gasteiger partial charge on any atom is -0.342 e. The van der Waals surface area contributed by atoms with Crippen molar-refractivity contribution in [2.24, 2.45) is 0 Å². The monoisotopic (exact) mass is 317 g/mol. The maximum Gasteiger partial charge on any atom is 0.222 e. The van der Waals surface area contributed by atoms with Gasteiger partial charge in [0.1, 0.15) is 0 Å². The van der Waals surface area contributed by atoms with Crippen molar-refractivity contribution in [3.8, 4) is 0 Å². The van der Waals surface area contributed by atoms with Gasteiger partial charge in [-0.1, -0.05) is 6.92 Å². The number of thiazole rings is 1. The molecule has 3 rings (SSSR count). The Kier molecular flexibility index (Phi) is 4.62. The molecule has 7 heteroatoms. The number of piperidine rings is 1. The lowest BCUT2D eigenvalue weighted by molar-refractivity contribution is -0.132. The number of carbonyl (C=O) groups is 1. The molecule has 2 aromatic rings. The number of nitrogens with zero attached hydrogens (tertiary/aromatic N) is 4. The standard InChI is InChI=1S/C15H19N5OS/c1-2-14(21)20-6-3-4-11(10-20)12-8-18-13(9-17-12)19-15-16-5-7-22-15/h5,7-9,11H,2-4,6,10H2,1H3,(H,16,18,19). The topological polar surface area (TPSA) is 71.0 Å². The van der Waals surface area contributed by atoms with Crippen LogP contribution >= 0.6 is 11.3 Å². The van der Waals surface area contributed by atoms with Crippen molar-refractivity contribution >= 4 is 28.2 Å². The lowest BCUT2D eigenvalue weighted by atomic mass is 9.95. The van der Waals surface area contributed by atoms with Gasteiger partial charge in [-0.2, -0.15) is 0 Å². The fraction of sp³-hybridized carbons (Fsp3) is 0.467. The quantitative estimate of drug-likeness (QED) is 0.939. The first-order valence-electron chi connectivity index (χ1n) is 7.52. The molecule has 6 nitrogen and oxygen atoms in total. The zero-order valence-corrected chi connectivity index (χ0v) is 13.3. The first-order valence-corrected chi connectivity index (χ1v) is 8.40. The van der Waals surface area contributed by atoms with Crippen LogP contribution in [0.5, 0.6) is 0 Å². The van der Waals surface area contributed by atoms with E-state index < -0.39 is 0 Å². The number of hydrogen-bond acceptors (Lipinski definition) is 6. The van der Waals surface area contributed by atoms with Crippen LogP contribution in [0.25, 0.3) is 0 Å². The highest BCUT2D eigenvalue weighted by Gasteiger charge is 2.24. The molecular weight excluding hydrogens is 298 g/mol. The molecule has 3 heterocycles. The molecule has 1 unspecified atom stereocenters. The van der Waals surface area contributed by atoms with E-state index in [1.165, 1.54) is 11.3 Å². The Morgan fingerprint density at radius 1 is 1.41 bits per heavy atom. The maximum absolute atomic E-state index is 11.8. The van der Waals surface area contributed by atoms with Gasteiger partial charge >= 0.3 is 0 Å². The van der Waals surface area contributed by atoms with Crippen molar-refractivity contribution in [3.63, 3.8) is 0 Å². The van der Waals surface area contributed by atoms with Gasteiger partial charge in [0, 0.05) is 37.0 Å². The SMILES string of the molecule is CCC(=O)N1CCCC(c2cnc(Nc3nccs3)cn2)C1. The molecule has 0 saturated carbocycles. The smallest absolute Gasteiger partial charge is 0.222 e. The van der Waals surface area contributed by atoms with Gasteiger partial charge in [0.2, 0.25) is 5.91 Å². The molecule has 0 bridgehead atoms. The van der Waals surface area contributed by atoms with Crippen molar-refractivity contribution in [2.75, 3.05) is 18.4 Å². The Labute approximate surface area is 133 Å². The second-order valence-corrected chi connectivity index (χ2v) is 6.22. The van der Waals surface area contributed by atoms with Gasteiger partial charge in [-0.25, -0.2) is 9.97 Å². The van der Waals surface area contributed by atoms with E-state index in [-0.39, 0.29) is 11.8 Å². The van der Waals surface area contributed by atoms with Crippen LogP contribution < -0.4 is 5.32 Å². The van der Waals surface area contributed by atoms with Crippen molar-refractivity contribution in [1.29, 1.82) is 0 Å². The molecule has 1 amide bonds. The van der Waals surface area contributed by atoms with Gasteiger partial charge < -0.3 is 10.2 Å². The minimum absolute atomic E-state index is 0.222. The molecule has 0 radical (unpaired) electrons. The number of amides is 1. The Morgan fingerprint density at radius 2 is 2.32 bits per heavy atom. The van der Waals surface area contributed by atoms with Crippen LogP contribution in [0.1, 0.15) is 37.8 Å². The molecule has 1 fully saturated rings. The summed E-state index contributed by atoms with van der Waals surface area (Å²) in [6, 6.07) is 0. The Morgan fingerprint density at radius 3 is 3.00 bits per heavy atom. The lowest BCUT2D eigenvalue weighted by Crippen LogP contribution is -2.38. The molecule has 0 aliphatic carbocycles. The van der Waals surface area contributed by atoms with Crippen LogP contribution in [0.15, 0.2) is 24.0 Å². The maximum atomic E-state index is 11.8. The third kappa shape index (κ3) is 3.41. The Balaban J connectivity index is 1.66. The van der Waals surface area contributed by atoms with Crippen molar-refractivity contribution < 1.29 is 4.79 Å². The summed E-state index contributed by atoms with van der Waals surface area (Å²) in [5.74, 6) is 1.20. The number of hydrogen-bond donors (Lipinski definition) is 1. The molecule has 2 aromatic heterocycles. The predicted octanol–water partition coefficient (Wildman–Crippen LogP) is 2.79. The molecule has 22 heavy (non-hydrogen) atoms. The van der Waals surface area contributed by atoms with Gasteiger partial charge in [0.15, 0.2) is 10.9 Å². The number of carbonyl (C=O) groups excluding carboxylic acids is 1. The summed E-state index contributed by atoms with van der Waals surface area (Å²) < 4.78 is 0. The number of likely N-dealkylation sites (tertiary alicyclic amines) is 1. The van der Waals surface area contributed by atoms with E-state index in [0.717, 1.165) is 36.8 Å². The van der Waals surface area contributed by atoms with Crippen LogP contribution in [0.2, 0.25) is 0 Å². The van der Waals surface area contributed by atoms with Crippen molar-refractivity contribution in [2.45, 2.75) is 32.1 Å². The average Bonchev–Trinajstić information content (AvgIpc) is 3.08. The number of nitrogens with one attached hydrogen (secondary N) is 1. The third-order valence-corrected chi connectivity index (χ3v) is 4.52. The zero-order chi connectivity index (χ0) is 15.4. The molecule has 0 aromatic carbocycles. The zero-order valence-electron chi connectivity index (χ0n) is 12.5. The van der Waals surface area contributed by atoms with E-state index in [2.05, 4.69) is 20.3 Å². The van der Waals surface area contributed by atoms with Crippen LogP contribution in [0.3, 0.4) is 0 Å². The van der Waals surface area contributed by atoms with Crippen LogP contribution in [-0.2, 0) is 4.79 Å². The summed E-state index contributed by atoms with van der Waals surface area (Å²) in [4.78, 5) is 26.9. The van der Waals surface area contributed by atoms with E-state index in [1.807, 2.05) is 17.2 Å². The number of rotatable bonds is 4. The van der Waals surface area contributed by atoms with Crippen LogP contribution in [-0.4, -0.2) is 38.8 Å². The summed E-state index contributed by atoms with van der Waals surface area (Å²) in [7, 11) is 0. The highest BCUT2D eigenvalue weighted by molar-refractivity contribution is 7.13. The van der Waals surface area contributed by atoms with E-state index in [0.29, 0.717) is 12.2 Å². The lowest BCUT2D eigenvalue weighted by Gasteiger charge is -2.32. The number of aromatic nitrogens is 3. The van der Waals surface area contributed by atoms with E-state index >= 15 is 0 Å². The summed E-state index contributed by atoms with van der Waals surface area (Å²) in [5, 5.41) is 5.83. The normalized spacial score (nSPS) is 18.2. The molecule has 116 valence electrons. The van der Waals surface area contributed by atoms with E-state index in [1.54, 1.807) is 18.6 Å². The fourth-order valence-corrected chi connectivity index (χ4v) is 3.21. The molecule has 1 aliphatic heterocycles. The first-order chi connectivity index (χ1) is 10.8. The van der Waals surface area contributed by atoms with Crippen LogP contribution in [0, 0.1) is 0 Å². The molecule has 0 spiro atoms. The molecule has 1 N–H and O–H groups in total. The Hall–Kier alpha value is -2.02. The van der Waals surface area contributed by atoms with E-state index in [9.17, 15) is 4.79 Å². The number of anilines is 2. The highest BCUT2D eigenvalue weighted by atomic mass is 32.1. The highest BCUT2D eigenvalue weighted by Crippen LogP contribution is 2.26. The summed E-state index contributed by atoms with van der Waals surface area (Å²) in [6.45, 7) is 3.52. The molecular formula is C15H19N5OS. The van der Waals surface area contributed by atoms with E-state index in [4.69, 9.17) is 0 Å². The molecule has 1 aliphatic rings. The minimum atomic E-state index is 0.222. The van der Waals surface area contributed by atoms with Gasteiger partial charge in [-0.05, 0) is 12.8 Å². The molecule has 1 saturated heterocycles. The average molecular weight is 317 g/mol. The van der Waals surface area contributed by atoms with Crippen LogP contribution in [0.4, 0.5) is 10.9 Å².